The second-order valence-corrected chi connectivity index (χ2v) is 3.34. The van der Waals surface area contributed by atoms with E-state index in [9.17, 15) is 0 Å². The van der Waals surface area contributed by atoms with Crippen LogP contribution in [0.25, 0.3) is 0 Å². The van der Waals surface area contributed by atoms with Crippen molar-refractivity contribution in [2.75, 3.05) is 0 Å². The second-order valence-electron chi connectivity index (χ2n) is 3.04. The fourth-order valence-electron chi connectivity index (χ4n) is 1.23. The predicted octanol–water partition coefficient (Wildman–Crippen LogP) is 4.04. The summed E-state index contributed by atoms with van der Waals surface area (Å²) in [6.45, 7) is 4.52. The van der Waals surface area contributed by atoms with Crippen molar-refractivity contribution in [3.63, 3.8) is 0 Å². The average molecular weight is 172 g/mol. The quantitative estimate of drug-likeness (QED) is 0.574. The number of unbranched alkanes of at least 4 members (excludes halogenated alkanes) is 1. The summed E-state index contributed by atoms with van der Waals surface area (Å²) in [6, 6.07) is 0. The van der Waals surface area contributed by atoms with Gasteiger partial charge in [0.1, 0.15) is 0 Å². The Kier molecular flexibility index (Phi) is 8.26. The topological polar surface area (TPSA) is 0 Å². The Morgan fingerprint density at radius 1 is 1.36 bits per heavy atom. The molecular weight excluding hydrogens is 152 g/mol. The first-order valence-electron chi connectivity index (χ1n) is 4.64. The van der Waals surface area contributed by atoms with Crippen LogP contribution >= 0.6 is 12.6 Å². The Balaban J connectivity index is 3.40. The van der Waals surface area contributed by atoms with Gasteiger partial charge in [0.25, 0.3) is 0 Å². The molecule has 1 unspecified atom stereocenters. The molecule has 0 aromatic rings. The molecule has 11 heavy (non-hydrogen) atoms. The maximum absolute atomic E-state index is 4.04. The van der Waals surface area contributed by atoms with Gasteiger partial charge in [0.2, 0.25) is 0 Å². The molecule has 1 heteroatoms. The molecule has 66 valence electrons. The van der Waals surface area contributed by atoms with Crippen LogP contribution in [0, 0.1) is 5.92 Å². The molecule has 0 aliphatic carbocycles. The fraction of sp³-hybridized carbons (Fsp3) is 0.800. The van der Waals surface area contributed by atoms with Crippen molar-refractivity contribution < 1.29 is 0 Å². The minimum absolute atomic E-state index is 0.887. The number of hydrogen-bond donors (Lipinski definition) is 1. The van der Waals surface area contributed by atoms with E-state index in [1.807, 2.05) is 5.41 Å². The van der Waals surface area contributed by atoms with Gasteiger partial charge in [-0.05, 0) is 17.7 Å². The largest absolute Gasteiger partial charge is 0.152 e. The van der Waals surface area contributed by atoms with Gasteiger partial charge < -0.3 is 0 Å². The van der Waals surface area contributed by atoms with E-state index in [1.165, 1.54) is 32.1 Å². The van der Waals surface area contributed by atoms with Gasteiger partial charge in [0.05, 0.1) is 0 Å². The summed E-state index contributed by atoms with van der Waals surface area (Å²) in [5.74, 6) is 0.887. The first-order chi connectivity index (χ1) is 5.35. The third-order valence-corrected chi connectivity index (χ3v) is 2.33. The van der Waals surface area contributed by atoms with Gasteiger partial charge in [-0.1, -0.05) is 45.6 Å². The number of thiol groups is 1. The van der Waals surface area contributed by atoms with E-state index < -0.39 is 0 Å². The summed E-state index contributed by atoms with van der Waals surface area (Å²) in [4.78, 5) is 0. The van der Waals surface area contributed by atoms with Crippen LogP contribution in [-0.2, 0) is 0 Å². The van der Waals surface area contributed by atoms with Crippen molar-refractivity contribution in [1.82, 2.24) is 0 Å². The van der Waals surface area contributed by atoms with Gasteiger partial charge >= 0.3 is 0 Å². The van der Waals surface area contributed by atoms with E-state index >= 15 is 0 Å². The summed E-state index contributed by atoms with van der Waals surface area (Å²) in [6.07, 6.45) is 8.75. The van der Waals surface area contributed by atoms with Crippen molar-refractivity contribution in [1.29, 1.82) is 0 Å². The Morgan fingerprint density at radius 2 is 2.09 bits per heavy atom. The predicted molar refractivity (Wildman–Crippen MR) is 56.0 cm³/mol. The lowest BCUT2D eigenvalue weighted by molar-refractivity contribution is 0.457. The molecule has 0 amide bonds. The van der Waals surface area contributed by atoms with Crippen LogP contribution in [0.5, 0.6) is 0 Å². The van der Waals surface area contributed by atoms with Crippen LogP contribution in [0.2, 0.25) is 0 Å². The van der Waals surface area contributed by atoms with Gasteiger partial charge in [0.15, 0.2) is 0 Å². The van der Waals surface area contributed by atoms with Gasteiger partial charge in [-0.15, -0.1) is 0 Å². The van der Waals surface area contributed by atoms with Crippen LogP contribution in [0.15, 0.2) is 11.5 Å². The Hall–Kier alpha value is 0.0900. The van der Waals surface area contributed by atoms with Crippen LogP contribution in [0.1, 0.15) is 46.0 Å². The lowest BCUT2D eigenvalue weighted by Crippen LogP contribution is -1.96. The molecule has 0 nitrogen and oxygen atoms in total. The molecule has 0 saturated heterocycles. The zero-order chi connectivity index (χ0) is 8.53. The van der Waals surface area contributed by atoms with Crippen LogP contribution in [0.3, 0.4) is 0 Å². The van der Waals surface area contributed by atoms with Crippen LogP contribution < -0.4 is 0 Å². The lowest BCUT2D eigenvalue weighted by Gasteiger charge is -2.10. The van der Waals surface area contributed by atoms with Gasteiger partial charge in [-0.25, -0.2) is 0 Å². The Bertz CT molecular complexity index is 97.0. The molecule has 0 fully saturated rings. The summed E-state index contributed by atoms with van der Waals surface area (Å²) in [7, 11) is 0. The van der Waals surface area contributed by atoms with Crippen molar-refractivity contribution in [3.8, 4) is 0 Å². The highest BCUT2D eigenvalue weighted by atomic mass is 32.1. The maximum Gasteiger partial charge on any atom is -0.0314 e. The maximum atomic E-state index is 4.04. The Morgan fingerprint density at radius 3 is 2.55 bits per heavy atom. The molecule has 1 atom stereocenters. The van der Waals surface area contributed by atoms with Gasteiger partial charge in [-0.3, -0.25) is 0 Å². The molecule has 0 radical (unpaired) electrons. The highest BCUT2D eigenvalue weighted by Gasteiger charge is 2.01. The van der Waals surface area contributed by atoms with Gasteiger partial charge in [0, 0.05) is 0 Å². The van der Waals surface area contributed by atoms with Crippen molar-refractivity contribution in [2.45, 2.75) is 46.0 Å². The molecule has 0 N–H and O–H groups in total. The summed E-state index contributed by atoms with van der Waals surface area (Å²) >= 11 is 4.04. The summed E-state index contributed by atoms with van der Waals surface area (Å²) in [5.41, 5.74) is 0. The van der Waals surface area contributed by atoms with E-state index in [-0.39, 0.29) is 0 Å². The van der Waals surface area contributed by atoms with E-state index in [2.05, 4.69) is 32.6 Å². The van der Waals surface area contributed by atoms with Crippen molar-refractivity contribution in [3.05, 3.63) is 11.5 Å². The van der Waals surface area contributed by atoms with E-state index in [1.54, 1.807) is 0 Å². The fourth-order valence-corrected chi connectivity index (χ4v) is 1.36. The molecule has 0 heterocycles. The molecular formula is C10H20S. The lowest BCUT2D eigenvalue weighted by atomic mass is 9.96. The molecule has 0 aliphatic rings. The highest BCUT2D eigenvalue weighted by Crippen LogP contribution is 2.16. The SMILES string of the molecule is CCCCC(CC)CC=CS. The first-order valence-corrected chi connectivity index (χ1v) is 5.16. The molecule has 0 rings (SSSR count). The number of hydrogen-bond acceptors (Lipinski definition) is 1. The van der Waals surface area contributed by atoms with Crippen LogP contribution in [0.4, 0.5) is 0 Å². The van der Waals surface area contributed by atoms with Gasteiger partial charge in [-0.2, -0.15) is 12.6 Å². The van der Waals surface area contributed by atoms with Crippen molar-refractivity contribution in [2.24, 2.45) is 5.92 Å². The first kappa shape index (κ1) is 11.1. The molecule has 0 bridgehead atoms. The molecule has 0 aliphatic heterocycles. The normalized spacial score (nSPS) is 14.1. The highest BCUT2D eigenvalue weighted by molar-refractivity contribution is 7.83. The Labute approximate surface area is 76.5 Å². The second kappa shape index (κ2) is 8.19. The molecule has 0 saturated carbocycles. The monoisotopic (exact) mass is 172 g/mol. The third kappa shape index (κ3) is 6.49. The van der Waals surface area contributed by atoms with E-state index in [4.69, 9.17) is 0 Å². The summed E-state index contributed by atoms with van der Waals surface area (Å²) in [5, 5.41) is 1.86. The minimum atomic E-state index is 0.887. The minimum Gasteiger partial charge on any atom is -0.152 e. The van der Waals surface area contributed by atoms with Crippen molar-refractivity contribution >= 4 is 12.6 Å². The standard InChI is InChI=1S/C10H20S/c1-3-5-7-10(4-2)8-6-9-11/h6,9-11H,3-5,7-8H2,1-2H3. The molecule has 0 aromatic heterocycles. The van der Waals surface area contributed by atoms with E-state index in [0.717, 1.165) is 5.92 Å². The van der Waals surface area contributed by atoms with Crippen LogP contribution in [-0.4, -0.2) is 0 Å². The number of allylic oxidation sites excluding steroid dienone is 1. The molecule has 0 spiro atoms. The smallest absolute Gasteiger partial charge is 0.0314 e. The number of rotatable bonds is 6. The summed E-state index contributed by atoms with van der Waals surface area (Å²) < 4.78 is 0. The zero-order valence-corrected chi connectivity index (χ0v) is 8.61. The average Bonchev–Trinajstić information content (AvgIpc) is 2.05. The third-order valence-electron chi connectivity index (χ3n) is 2.12. The zero-order valence-electron chi connectivity index (χ0n) is 7.71. The molecule has 0 aromatic carbocycles. The van der Waals surface area contributed by atoms with E-state index in [0.29, 0.717) is 0 Å².